The second-order valence-electron chi connectivity index (χ2n) is 8.77. The maximum Gasteiger partial charge on any atom is 0.491 e. The van der Waals surface area contributed by atoms with Gasteiger partial charge in [0.1, 0.15) is 5.82 Å². The number of alkyl halides is 3. The summed E-state index contributed by atoms with van der Waals surface area (Å²) in [5, 5.41) is 7.39. The number of halogens is 3. The van der Waals surface area contributed by atoms with Gasteiger partial charge in [-0.3, -0.25) is 9.69 Å². The summed E-state index contributed by atoms with van der Waals surface area (Å²) in [6.45, 7) is 0.615. The van der Waals surface area contributed by atoms with Gasteiger partial charge in [0, 0.05) is 18.0 Å². The zero-order chi connectivity index (χ0) is 25.4. The zero-order valence-electron chi connectivity index (χ0n) is 19.2. The van der Waals surface area contributed by atoms with Gasteiger partial charge in [0.25, 0.3) is 12.1 Å². The van der Waals surface area contributed by atoms with E-state index in [1.165, 1.54) is 6.20 Å². The number of aromatic amines is 1. The summed E-state index contributed by atoms with van der Waals surface area (Å²) in [5.41, 5.74) is 2.06. The number of fused-ring (bicyclic) bond motifs is 2. The second kappa shape index (κ2) is 9.26. The van der Waals surface area contributed by atoms with E-state index in [4.69, 9.17) is 0 Å². The lowest BCUT2D eigenvalue weighted by molar-refractivity contribution is -0.210. The number of ether oxygens (including phenoxy) is 1. The molecule has 0 aliphatic carbocycles. The van der Waals surface area contributed by atoms with Crippen molar-refractivity contribution in [2.75, 3.05) is 13.6 Å². The SMILES string of the molecule is CN1CCC(NC(=O)C(OC(=O)C(F)(F)F)n2ncc3ccccc32)CC1c1nc2ccccc2[nH]1. The average Bonchev–Trinajstić information content (AvgIpc) is 3.47. The van der Waals surface area contributed by atoms with Crippen molar-refractivity contribution < 1.29 is 27.5 Å². The molecule has 0 spiro atoms. The normalized spacial score (nSPS) is 19.9. The number of para-hydroxylation sites is 3. The Hall–Kier alpha value is -3.93. The molecule has 1 amide bonds. The third kappa shape index (κ3) is 4.63. The van der Waals surface area contributed by atoms with Gasteiger partial charge < -0.3 is 15.0 Å². The van der Waals surface area contributed by atoms with Gasteiger partial charge in [-0.1, -0.05) is 30.3 Å². The first-order valence-electron chi connectivity index (χ1n) is 11.4. The van der Waals surface area contributed by atoms with Crippen LogP contribution in [0, 0.1) is 0 Å². The molecule has 9 nitrogen and oxygen atoms in total. The predicted molar refractivity (Wildman–Crippen MR) is 124 cm³/mol. The Kier molecular flexibility index (Phi) is 6.12. The van der Waals surface area contributed by atoms with Crippen molar-refractivity contribution in [3.63, 3.8) is 0 Å². The molecule has 3 unspecified atom stereocenters. The van der Waals surface area contributed by atoms with Gasteiger partial charge in [-0.05, 0) is 38.1 Å². The zero-order valence-corrected chi connectivity index (χ0v) is 19.2. The smallest absolute Gasteiger partial charge is 0.423 e. The summed E-state index contributed by atoms with van der Waals surface area (Å²) in [6, 6.07) is 13.7. The van der Waals surface area contributed by atoms with Crippen molar-refractivity contribution in [3.05, 3.63) is 60.6 Å². The Balaban J connectivity index is 1.38. The number of likely N-dealkylation sites (tertiary alicyclic amines) is 1. The molecule has 1 aliphatic heterocycles. The molecule has 3 heterocycles. The topological polar surface area (TPSA) is 105 Å². The number of nitrogens with zero attached hydrogens (tertiary/aromatic N) is 4. The fraction of sp³-hybridized carbons (Fsp3) is 0.333. The molecule has 2 aromatic carbocycles. The number of rotatable bonds is 5. The Morgan fingerprint density at radius 2 is 1.92 bits per heavy atom. The Bertz CT molecular complexity index is 1380. The fourth-order valence-corrected chi connectivity index (χ4v) is 4.50. The number of piperidine rings is 1. The molecule has 2 aromatic heterocycles. The quantitative estimate of drug-likeness (QED) is 0.407. The standard InChI is InChI=1S/C24H23F3N6O3/c1-32-11-10-15(12-19(32)20-30-16-7-3-4-8-17(16)31-20)29-21(34)22(36-23(35)24(25,26)27)33-18-9-5-2-6-14(18)13-28-33/h2-9,13,15,19,22H,10-12H2,1H3,(H,29,34)(H,30,31). The highest BCUT2D eigenvalue weighted by Gasteiger charge is 2.44. The number of hydrogen-bond donors (Lipinski definition) is 2. The van der Waals surface area contributed by atoms with E-state index in [0.717, 1.165) is 21.5 Å². The molecule has 4 aromatic rings. The van der Waals surface area contributed by atoms with Crippen molar-refractivity contribution in [2.24, 2.45) is 0 Å². The van der Waals surface area contributed by atoms with Crippen LogP contribution in [0.2, 0.25) is 0 Å². The third-order valence-electron chi connectivity index (χ3n) is 6.34. The minimum atomic E-state index is -5.26. The van der Waals surface area contributed by atoms with Crippen LogP contribution in [0.3, 0.4) is 0 Å². The van der Waals surface area contributed by atoms with E-state index in [-0.39, 0.29) is 12.1 Å². The maximum absolute atomic E-state index is 13.2. The second-order valence-corrected chi connectivity index (χ2v) is 8.77. The summed E-state index contributed by atoms with van der Waals surface area (Å²) < 4.78 is 44.6. The van der Waals surface area contributed by atoms with Crippen LogP contribution in [-0.2, 0) is 14.3 Å². The van der Waals surface area contributed by atoms with E-state index in [9.17, 15) is 22.8 Å². The molecular weight excluding hydrogens is 477 g/mol. The van der Waals surface area contributed by atoms with E-state index < -0.39 is 24.3 Å². The van der Waals surface area contributed by atoms with Crippen molar-refractivity contribution >= 4 is 33.8 Å². The summed E-state index contributed by atoms with van der Waals surface area (Å²) in [5.74, 6) is -2.62. The van der Waals surface area contributed by atoms with Crippen molar-refractivity contribution in [1.82, 2.24) is 30.0 Å². The van der Waals surface area contributed by atoms with Gasteiger partial charge in [-0.25, -0.2) is 14.5 Å². The highest BCUT2D eigenvalue weighted by molar-refractivity contribution is 5.86. The van der Waals surface area contributed by atoms with Gasteiger partial charge in [-0.15, -0.1) is 0 Å². The number of imidazole rings is 1. The molecule has 5 rings (SSSR count). The van der Waals surface area contributed by atoms with Gasteiger partial charge in [-0.2, -0.15) is 18.3 Å². The lowest BCUT2D eigenvalue weighted by Crippen LogP contribution is -2.48. The third-order valence-corrected chi connectivity index (χ3v) is 6.34. The first kappa shape index (κ1) is 23.8. The van der Waals surface area contributed by atoms with Gasteiger partial charge in [0.2, 0.25) is 0 Å². The summed E-state index contributed by atoms with van der Waals surface area (Å²) in [7, 11) is 1.94. The van der Waals surface area contributed by atoms with E-state index in [1.54, 1.807) is 24.3 Å². The summed E-state index contributed by atoms with van der Waals surface area (Å²) in [4.78, 5) is 35.0. The molecule has 1 fully saturated rings. The van der Waals surface area contributed by atoms with Crippen LogP contribution in [0.4, 0.5) is 13.2 Å². The molecular formula is C24H23F3N6O3. The van der Waals surface area contributed by atoms with E-state index in [1.807, 2.05) is 31.3 Å². The van der Waals surface area contributed by atoms with Crippen LogP contribution in [0.1, 0.15) is 30.9 Å². The first-order chi connectivity index (χ1) is 17.2. The van der Waals surface area contributed by atoms with Crippen molar-refractivity contribution in [2.45, 2.75) is 37.3 Å². The Labute approximate surface area is 203 Å². The van der Waals surface area contributed by atoms with Crippen LogP contribution in [0.5, 0.6) is 0 Å². The van der Waals surface area contributed by atoms with Gasteiger partial charge in [0.05, 0.1) is 28.8 Å². The van der Waals surface area contributed by atoms with Gasteiger partial charge >= 0.3 is 12.1 Å². The number of H-pyrrole nitrogens is 1. The number of nitrogens with one attached hydrogen (secondary N) is 2. The molecule has 188 valence electrons. The minimum Gasteiger partial charge on any atom is -0.423 e. The summed E-state index contributed by atoms with van der Waals surface area (Å²) in [6.07, 6.45) is -4.78. The number of aromatic nitrogens is 4. The number of esters is 1. The van der Waals surface area contributed by atoms with Crippen molar-refractivity contribution in [1.29, 1.82) is 0 Å². The molecule has 1 aliphatic rings. The molecule has 0 saturated carbocycles. The van der Waals surface area contributed by atoms with Gasteiger partial charge in [0.15, 0.2) is 0 Å². The lowest BCUT2D eigenvalue weighted by Gasteiger charge is -2.36. The molecule has 2 N–H and O–H groups in total. The van der Waals surface area contributed by atoms with Crippen LogP contribution in [0.15, 0.2) is 54.7 Å². The molecule has 36 heavy (non-hydrogen) atoms. The van der Waals surface area contributed by atoms with Crippen LogP contribution in [-0.4, -0.2) is 62.3 Å². The monoisotopic (exact) mass is 500 g/mol. The molecule has 0 bridgehead atoms. The van der Waals surface area contributed by atoms with E-state index >= 15 is 0 Å². The van der Waals surface area contributed by atoms with Crippen LogP contribution >= 0.6 is 0 Å². The summed E-state index contributed by atoms with van der Waals surface area (Å²) >= 11 is 0. The van der Waals surface area contributed by atoms with Crippen molar-refractivity contribution in [3.8, 4) is 0 Å². The average molecular weight is 500 g/mol. The fourth-order valence-electron chi connectivity index (χ4n) is 4.50. The molecule has 0 radical (unpaired) electrons. The number of carbonyl (C=O) groups excluding carboxylic acids is 2. The number of amides is 1. The van der Waals surface area contributed by atoms with E-state index in [0.29, 0.717) is 30.3 Å². The number of hydrogen-bond acceptors (Lipinski definition) is 6. The predicted octanol–water partition coefficient (Wildman–Crippen LogP) is 3.47. The minimum absolute atomic E-state index is 0.154. The molecule has 1 saturated heterocycles. The molecule has 12 heteroatoms. The highest BCUT2D eigenvalue weighted by atomic mass is 19.4. The Morgan fingerprint density at radius 3 is 2.69 bits per heavy atom. The highest BCUT2D eigenvalue weighted by Crippen LogP contribution is 2.30. The number of benzene rings is 2. The number of carbonyl (C=O) groups is 2. The largest absolute Gasteiger partial charge is 0.491 e. The van der Waals surface area contributed by atoms with Crippen LogP contribution < -0.4 is 5.32 Å². The lowest BCUT2D eigenvalue weighted by atomic mass is 9.97. The van der Waals surface area contributed by atoms with Crippen LogP contribution in [0.25, 0.3) is 21.9 Å². The maximum atomic E-state index is 13.2. The first-order valence-corrected chi connectivity index (χ1v) is 11.4. The Morgan fingerprint density at radius 1 is 1.17 bits per heavy atom. The molecule has 3 atom stereocenters. The van der Waals surface area contributed by atoms with E-state index in [2.05, 4.69) is 30.0 Å².